The lowest BCUT2D eigenvalue weighted by molar-refractivity contribution is -0.781. The maximum atomic E-state index is 13.3. The van der Waals surface area contributed by atoms with Crippen LogP contribution in [0.4, 0.5) is 16.2 Å². The van der Waals surface area contributed by atoms with Crippen molar-refractivity contribution in [1.82, 2.24) is 9.88 Å². The monoisotopic (exact) mass is 632 g/mol. The lowest BCUT2D eigenvalue weighted by Crippen LogP contribution is -2.59. The lowest BCUT2D eigenvalue weighted by Gasteiger charge is -2.31. The molecule has 3 atom stereocenters. The number of hydrogen-bond donors (Lipinski definition) is 2. The van der Waals surface area contributed by atoms with Crippen LogP contribution < -0.4 is 10.6 Å². The molecule has 47 heavy (non-hydrogen) atoms. The molecule has 1 fully saturated rings. The number of anilines is 2. The summed E-state index contributed by atoms with van der Waals surface area (Å²) in [6.45, 7) is 6.32. The average molecular weight is 633 g/mol. The largest absolute Gasteiger partial charge is 0.436 e. The lowest BCUT2D eigenvalue weighted by atomic mass is 10.0. The molecule has 1 saturated heterocycles. The Morgan fingerprint density at radius 2 is 1.62 bits per heavy atom. The number of carbonyl (C=O) groups excluding carboxylic acids is 4. The van der Waals surface area contributed by atoms with E-state index in [0.29, 0.717) is 41.7 Å². The Hall–Kier alpha value is -5.35. The fourth-order valence-corrected chi connectivity index (χ4v) is 6.53. The number of oxazole rings is 1. The van der Waals surface area contributed by atoms with Gasteiger partial charge in [-0.1, -0.05) is 37.3 Å². The summed E-state index contributed by atoms with van der Waals surface area (Å²) in [6.07, 6.45) is 7.63. The van der Waals surface area contributed by atoms with E-state index < -0.39 is 6.04 Å². The van der Waals surface area contributed by atoms with Crippen LogP contribution in [0.3, 0.4) is 0 Å². The molecule has 240 valence electrons. The van der Waals surface area contributed by atoms with Crippen molar-refractivity contribution in [3.05, 3.63) is 102 Å². The minimum absolute atomic E-state index is 0.0516. The van der Waals surface area contributed by atoms with Gasteiger partial charge in [-0.25, -0.2) is 14.6 Å². The molecular formula is C37H38N5O5+. The smallest absolute Gasteiger partial charge is 0.428 e. The molecule has 0 spiro atoms. The molecule has 10 nitrogen and oxygen atoms in total. The topological polar surface area (TPSA) is 122 Å². The molecule has 1 unspecified atom stereocenters. The van der Waals surface area contributed by atoms with Crippen molar-refractivity contribution in [2.24, 2.45) is 0 Å². The molecule has 5 amide bonds. The number of aryl methyl sites for hydroxylation is 1. The first-order valence-corrected chi connectivity index (χ1v) is 15.9. The van der Waals surface area contributed by atoms with Gasteiger partial charge in [-0.15, -0.1) is 0 Å². The molecule has 3 heterocycles. The van der Waals surface area contributed by atoms with Crippen molar-refractivity contribution >= 4 is 35.1 Å². The Balaban J connectivity index is 1.08. The third-order valence-corrected chi connectivity index (χ3v) is 9.25. The van der Waals surface area contributed by atoms with Crippen LogP contribution in [0.1, 0.15) is 49.5 Å². The molecule has 1 aromatic heterocycles. The van der Waals surface area contributed by atoms with E-state index in [-0.39, 0.29) is 34.3 Å². The van der Waals surface area contributed by atoms with E-state index in [0.717, 1.165) is 36.0 Å². The second-order valence-corrected chi connectivity index (χ2v) is 12.0. The average Bonchev–Trinajstić information content (AvgIpc) is 3.86. The zero-order chi connectivity index (χ0) is 33.1. The van der Waals surface area contributed by atoms with Gasteiger partial charge in [0.05, 0.1) is 19.7 Å². The van der Waals surface area contributed by atoms with E-state index in [1.54, 1.807) is 47.5 Å². The summed E-state index contributed by atoms with van der Waals surface area (Å²) in [6, 6.07) is 20.8. The van der Waals surface area contributed by atoms with Gasteiger partial charge in [0.15, 0.2) is 5.76 Å². The zero-order valence-electron chi connectivity index (χ0n) is 26.7. The van der Waals surface area contributed by atoms with Crippen LogP contribution in [-0.4, -0.2) is 63.3 Å². The van der Waals surface area contributed by atoms with Gasteiger partial charge in [0.1, 0.15) is 12.1 Å². The number of amides is 5. The number of rotatable bonds is 7. The molecule has 10 heteroatoms. The third kappa shape index (κ3) is 6.12. The SMILES string of the molecule is CCc1ccccc1C(=O)N1CC=C[C@H]1C(=O)Nc1ccc(-c2ncc(-c3ccc(NC(=O)[N+]4(C(C)=O)CCC[C@H]4C)cc3)o2)cc1. The second-order valence-electron chi connectivity index (χ2n) is 12.0. The predicted octanol–water partition coefficient (Wildman–Crippen LogP) is 6.67. The van der Waals surface area contributed by atoms with E-state index in [1.807, 2.05) is 62.4 Å². The number of nitrogens with zero attached hydrogens (tertiary/aromatic N) is 3. The number of hydrogen-bond acceptors (Lipinski definition) is 6. The van der Waals surface area contributed by atoms with Crippen LogP contribution in [-0.2, 0) is 16.0 Å². The first-order valence-electron chi connectivity index (χ1n) is 15.9. The molecule has 2 N–H and O–H groups in total. The van der Waals surface area contributed by atoms with Crippen molar-refractivity contribution in [2.45, 2.75) is 52.1 Å². The first kappa shape index (κ1) is 31.6. The molecule has 0 radical (unpaired) electrons. The van der Waals surface area contributed by atoms with E-state index >= 15 is 0 Å². The van der Waals surface area contributed by atoms with Crippen LogP contribution in [0, 0.1) is 0 Å². The van der Waals surface area contributed by atoms with Gasteiger partial charge in [0.2, 0.25) is 5.89 Å². The van der Waals surface area contributed by atoms with E-state index in [1.165, 1.54) is 6.92 Å². The standard InChI is InChI=1S/C37H37N5O5/c1-4-26-10-5-6-11-31(26)36(45)41-21-7-12-32(41)34(44)39-29-19-15-28(16-20-29)35-38-23-33(47-35)27-13-17-30(18-14-27)40-37(46)42(25(3)43)22-8-9-24(42)2/h5-7,10-20,23-24,32H,4,8-9,21-22H2,1-3H3,(H-,38,39,40,44,46)/p+1/t24-,32+,42?/m1/s1. The summed E-state index contributed by atoms with van der Waals surface area (Å²) < 4.78 is 5.86. The Kier molecular flexibility index (Phi) is 8.86. The van der Waals surface area contributed by atoms with Gasteiger partial charge >= 0.3 is 11.9 Å². The minimum atomic E-state index is -0.707. The van der Waals surface area contributed by atoms with Gasteiger partial charge in [-0.3, -0.25) is 14.9 Å². The van der Waals surface area contributed by atoms with Gasteiger partial charge < -0.3 is 14.6 Å². The first-order chi connectivity index (χ1) is 22.7. The van der Waals surface area contributed by atoms with Gasteiger partial charge in [-0.05, 0) is 73.5 Å². The molecule has 0 saturated carbocycles. The summed E-state index contributed by atoms with van der Waals surface area (Å²) in [4.78, 5) is 58.1. The summed E-state index contributed by atoms with van der Waals surface area (Å²) in [5.74, 6) is 0.364. The van der Waals surface area contributed by atoms with Crippen molar-refractivity contribution in [3.8, 4) is 22.8 Å². The van der Waals surface area contributed by atoms with Gasteiger partial charge in [0, 0.05) is 47.5 Å². The molecule has 4 aromatic rings. The Bertz CT molecular complexity index is 1850. The number of carbonyl (C=O) groups is 4. The summed E-state index contributed by atoms with van der Waals surface area (Å²) >= 11 is 0. The highest BCUT2D eigenvalue weighted by Gasteiger charge is 2.50. The normalized spacial score (nSPS) is 20.3. The summed E-state index contributed by atoms with van der Waals surface area (Å²) in [7, 11) is 0. The number of likely N-dealkylation sites (tertiary alicyclic amines) is 1. The maximum Gasteiger partial charge on any atom is 0.428 e. The highest BCUT2D eigenvalue weighted by molar-refractivity contribution is 6.03. The summed E-state index contributed by atoms with van der Waals surface area (Å²) in [5, 5.41) is 5.84. The van der Waals surface area contributed by atoms with Crippen molar-refractivity contribution in [3.63, 3.8) is 0 Å². The van der Waals surface area contributed by atoms with Crippen LogP contribution >= 0.6 is 0 Å². The number of nitrogens with one attached hydrogen (secondary N) is 2. The second kappa shape index (κ2) is 13.2. The highest BCUT2D eigenvalue weighted by atomic mass is 16.4. The van der Waals surface area contributed by atoms with Crippen LogP contribution in [0.15, 0.2) is 95.6 Å². The highest BCUT2D eigenvalue weighted by Crippen LogP contribution is 2.31. The fraction of sp³-hybridized carbons (Fsp3) is 0.270. The number of quaternary nitrogens is 1. The molecule has 2 aliphatic rings. The zero-order valence-corrected chi connectivity index (χ0v) is 26.7. The van der Waals surface area contributed by atoms with Crippen molar-refractivity contribution in [1.29, 1.82) is 0 Å². The molecule has 2 aliphatic heterocycles. The number of imide groups is 1. The molecule has 0 bridgehead atoms. The minimum Gasteiger partial charge on any atom is -0.436 e. The Morgan fingerprint density at radius 1 is 0.936 bits per heavy atom. The molecule has 6 rings (SSSR count). The van der Waals surface area contributed by atoms with E-state index in [9.17, 15) is 19.2 Å². The maximum absolute atomic E-state index is 13.3. The van der Waals surface area contributed by atoms with Crippen LogP contribution in [0.5, 0.6) is 0 Å². The fourth-order valence-electron chi connectivity index (χ4n) is 6.53. The molecular weight excluding hydrogens is 594 g/mol. The number of aromatic nitrogens is 1. The quantitative estimate of drug-likeness (QED) is 0.173. The van der Waals surface area contributed by atoms with Gasteiger partial charge in [0.25, 0.3) is 11.8 Å². The Morgan fingerprint density at radius 3 is 2.28 bits per heavy atom. The predicted molar refractivity (Wildman–Crippen MR) is 179 cm³/mol. The van der Waals surface area contributed by atoms with E-state index in [2.05, 4.69) is 15.6 Å². The summed E-state index contributed by atoms with van der Waals surface area (Å²) in [5.41, 5.74) is 4.25. The van der Waals surface area contributed by atoms with Crippen LogP contribution in [0.25, 0.3) is 22.8 Å². The molecule has 0 aliphatic carbocycles. The van der Waals surface area contributed by atoms with Crippen molar-refractivity contribution < 1.29 is 28.1 Å². The third-order valence-electron chi connectivity index (χ3n) is 9.25. The Labute approximate surface area is 273 Å². The van der Waals surface area contributed by atoms with E-state index in [4.69, 9.17) is 4.42 Å². The van der Waals surface area contributed by atoms with Crippen LogP contribution in [0.2, 0.25) is 0 Å². The number of urea groups is 1. The van der Waals surface area contributed by atoms with Gasteiger partial charge in [-0.2, -0.15) is 4.48 Å². The molecule has 3 aromatic carbocycles. The number of benzene rings is 3. The van der Waals surface area contributed by atoms with Crippen molar-refractivity contribution in [2.75, 3.05) is 23.7 Å².